The van der Waals surface area contributed by atoms with Gasteiger partial charge in [-0.05, 0) is 82.0 Å². The molecule has 1 fully saturated rings. The average molecular weight is 516 g/mol. The molecule has 198 valence electrons. The van der Waals surface area contributed by atoms with Crippen LogP contribution in [0, 0.1) is 20.8 Å². The lowest BCUT2D eigenvalue weighted by Crippen LogP contribution is -2.54. The predicted molar refractivity (Wildman–Crippen MR) is 147 cm³/mol. The van der Waals surface area contributed by atoms with Gasteiger partial charge in [-0.1, -0.05) is 25.1 Å². The summed E-state index contributed by atoms with van der Waals surface area (Å²) in [5, 5.41) is 2.30. The van der Waals surface area contributed by atoms with Gasteiger partial charge in [0.1, 0.15) is 17.1 Å². The van der Waals surface area contributed by atoms with Gasteiger partial charge < -0.3 is 14.0 Å². The van der Waals surface area contributed by atoms with Crippen LogP contribution in [0.15, 0.2) is 48.0 Å². The van der Waals surface area contributed by atoms with Gasteiger partial charge in [-0.2, -0.15) is 0 Å². The molecule has 4 amide bonds. The summed E-state index contributed by atoms with van der Waals surface area (Å²) in [4.78, 5) is 40.3. The normalized spacial score (nSPS) is 14.7. The molecule has 0 bridgehead atoms. The molecule has 8 nitrogen and oxygen atoms in total. The number of hydrogen-bond donors (Lipinski definition) is 1. The maximum Gasteiger partial charge on any atom is 0.336 e. The highest BCUT2D eigenvalue weighted by molar-refractivity contribution is 6.39. The van der Waals surface area contributed by atoms with E-state index in [0.29, 0.717) is 24.7 Å². The summed E-state index contributed by atoms with van der Waals surface area (Å²) in [6.45, 7) is 12.6. The van der Waals surface area contributed by atoms with Crippen LogP contribution in [-0.2, 0) is 16.0 Å². The molecule has 0 saturated carbocycles. The van der Waals surface area contributed by atoms with Crippen molar-refractivity contribution in [3.8, 4) is 17.2 Å². The summed E-state index contributed by atoms with van der Waals surface area (Å²) in [5.41, 5.74) is 6.11. The third-order valence-electron chi connectivity index (χ3n) is 6.58. The van der Waals surface area contributed by atoms with Gasteiger partial charge in [0.2, 0.25) is 0 Å². The molecule has 3 aromatic rings. The molecule has 8 heteroatoms. The van der Waals surface area contributed by atoms with Crippen molar-refractivity contribution in [1.29, 1.82) is 0 Å². The molecule has 0 atom stereocenters. The number of carbonyl (C=O) groups excluding carboxylic acids is 3. The molecule has 0 spiro atoms. The van der Waals surface area contributed by atoms with Crippen molar-refractivity contribution in [1.82, 2.24) is 9.88 Å². The topological polar surface area (TPSA) is 89.9 Å². The van der Waals surface area contributed by atoms with Gasteiger partial charge in [0, 0.05) is 17.5 Å². The second-order valence-electron chi connectivity index (χ2n) is 9.05. The number of benzene rings is 2. The Labute approximate surface area is 222 Å². The molecule has 2 heterocycles. The predicted octanol–water partition coefficient (Wildman–Crippen LogP) is 5.43. The first-order chi connectivity index (χ1) is 18.2. The summed E-state index contributed by atoms with van der Waals surface area (Å²) in [7, 11) is 0. The van der Waals surface area contributed by atoms with Crippen LogP contribution in [0.4, 0.5) is 10.5 Å². The summed E-state index contributed by atoms with van der Waals surface area (Å²) < 4.78 is 13.4. The number of nitrogens with one attached hydrogen (secondary N) is 1. The van der Waals surface area contributed by atoms with E-state index < -0.39 is 17.8 Å². The molecule has 1 N–H and O–H groups in total. The fraction of sp³-hybridized carbons (Fsp3) is 0.300. The number of imide groups is 2. The molecular formula is C30H33N3O5. The van der Waals surface area contributed by atoms with E-state index in [-0.39, 0.29) is 11.3 Å². The van der Waals surface area contributed by atoms with Crippen molar-refractivity contribution >= 4 is 29.6 Å². The second kappa shape index (κ2) is 11.0. The number of nitrogens with zero attached hydrogens (tertiary/aromatic N) is 2. The summed E-state index contributed by atoms with van der Waals surface area (Å²) in [6.07, 6.45) is 2.42. The summed E-state index contributed by atoms with van der Waals surface area (Å²) >= 11 is 0. The first-order valence-electron chi connectivity index (χ1n) is 12.8. The third-order valence-corrected chi connectivity index (χ3v) is 6.58. The van der Waals surface area contributed by atoms with Crippen molar-refractivity contribution < 1.29 is 23.9 Å². The lowest BCUT2D eigenvalue weighted by atomic mass is 10.0. The van der Waals surface area contributed by atoms with E-state index in [0.717, 1.165) is 39.5 Å². The Balaban J connectivity index is 1.79. The Bertz CT molecular complexity index is 1450. The molecule has 1 aliphatic rings. The van der Waals surface area contributed by atoms with E-state index in [1.807, 2.05) is 32.9 Å². The molecule has 4 rings (SSSR count). The van der Waals surface area contributed by atoms with Crippen molar-refractivity contribution in [3.63, 3.8) is 0 Å². The fourth-order valence-corrected chi connectivity index (χ4v) is 4.84. The SMILES string of the molecule is CCOc1ccc(N2C(=O)NC(=O)/C(=C\c3cc(C)n(-c4c(C)cccc4CC)c3C)C2=O)c(OCC)c1. The molecule has 0 aliphatic carbocycles. The van der Waals surface area contributed by atoms with Gasteiger partial charge in [0.15, 0.2) is 0 Å². The number of anilines is 1. The van der Waals surface area contributed by atoms with Crippen molar-refractivity contribution in [3.05, 3.63) is 76.1 Å². The van der Waals surface area contributed by atoms with E-state index in [1.54, 1.807) is 31.2 Å². The number of barbiturate groups is 1. The quantitative estimate of drug-likeness (QED) is 0.319. The highest BCUT2D eigenvalue weighted by Gasteiger charge is 2.38. The van der Waals surface area contributed by atoms with Gasteiger partial charge in [-0.25, -0.2) is 9.69 Å². The monoisotopic (exact) mass is 515 g/mol. The number of ether oxygens (including phenoxy) is 2. The van der Waals surface area contributed by atoms with Gasteiger partial charge in [-0.15, -0.1) is 0 Å². The van der Waals surface area contributed by atoms with Crippen molar-refractivity contribution in [2.75, 3.05) is 18.1 Å². The number of para-hydroxylation sites is 1. The Hall–Kier alpha value is -4.33. The van der Waals surface area contributed by atoms with Crippen molar-refractivity contribution in [2.24, 2.45) is 0 Å². The van der Waals surface area contributed by atoms with Crippen LogP contribution in [-0.4, -0.2) is 35.6 Å². The second-order valence-corrected chi connectivity index (χ2v) is 9.05. The van der Waals surface area contributed by atoms with E-state index in [4.69, 9.17) is 9.47 Å². The van der Waals surface area contributed by atoms with E-state index in [2.05, 4.69) is 35.9 Å². The number of amides is 4. The van der Waals surface area contributed by atoms with Crippen LogP contribution in [0.2, 0.25) is 0 Å². The minimum atomic E-state index is -0.833. The third kappa shape index (κ3) is 4.81. The van der Waals surface area contributed by atoms with Gasteiger partial charge in [-0.3, -0.25) is 14.9 Å². The lowest BCUT2D eigenvalue weighted by Gasteiger charge is -2.28. The molecule has 2 aromatic carbocycles. The van der Waals surface area contributed by atoms with E-state index >= 15 is 0 Å². The number of carbonyl (C=O) groups is 3. The molecule has 0 radical (unpaired) electrons. The van der Waals surface area contributed by atoms with Crippen LogP contribution >= 0.6 is 0 Å². The minimum Gasteiger partial charge on any atom is -0.494 e. The van der Waals surface area contributed by atoms with E-state index in [9.17, 15) is 14.4 Å². The molecule has 38 heavy (non-hydrogen) atoms. The zero-order valence-electron chi connectivity index (χ0n) is 22.7. The highest BCUT2D eigenvalue weighted by Crippen LogP contribution is 2.35. The van der Waals surface area contributed by atoms with Crippen LogP contribution < -0.4 is 19.7 Å². The summed E-state index contributed by atoms with van der Waals surface area (Å²) in [6, 6.07) is 12.2. The Morgan fingerprint density at radius 1 is 0.921 bits per heavy atom. The number of urea groups is 1. The molecular weight excluding hydrogens is 482 g/mol. The van der Waals surface area contributed by atoms with Crippen molar-refractivity contribution in [2.45, 2.75) is 48.0 Å². The Morgan fingerprint density at radius 2 is 1.66 bits per heavy atom. The maximum absolute atomic E-state index is 13.6. The minimum absolute atomic E-state index is 0.137. The maximum atomic E-state index is 13.6. The van der Waals surface area contributed by atoms with E-state index in [1.165, 1.54) is 5.56 Å². The number of rotatable bonds is 8. The molecule has 1 aromatic heterocycles. The lowest BCUT2D eigenvalue weighted by molar-refractivity contribution is -0.122. The zero-order chi connectivity index (χ0) is 27.6. The number of hydrogen-bond acceptors (Lipinski definition) is 5. The smallest absolute Gasteiger partial charge is 0.336 e. The number of aromatic nitrogens is 1. The van der Waals surface area contributed by atoms with Gasteiger partial charge in [0.25, 0.3) is 11.8 Å². The first kappa shape index (κ1) is 26.7. The molecule has 1 aliphatic heterocycles. The summed E-state index contributed by atoms with van der Waals surface area (Å²) in [5.74, 6) is -0.610. The highest BCUT2D eigenvalue weighted by atomic mass is 16.5. The Kier molecular flexibility index (Phi) is 7.71. The van der Waals surface area contributed by atoms with Gasteiger partial charge in [0.05, 0.1) is 24.6 Å². The van der Waals surface area contributed by atoms with Gasteiger partial charge >= 0.3 is 6.03 Å². The van der Waals surface area contributed by atoms with Crippen LogP contribution in [0.1, 0.15) is 48.8 Å². The van der Waals surface area contributed by atoms with Crippen LogP contribution in [0.3, 0.4) is 0 Å². The zero-order valence-corrected chi connectivity index (χ0v) is 22.7. The molecule has 1 saturated heterocycles. The largest absolute Gasteiger partial charge is 0.494 e. The van der Waals surface area contributed by atoms with Crippen LogP contribution in [0.25, 0.3) is 11.8 Å². The van der Waals surface area contributed by atoms with Crippen LogP contribution in [0.5, 0.6) is 11.5 Å². The average Bonchev–Trinajstić information content (AvgIpc) is 3.15. The first-order valence-corrected chi connectivity index (χ1v) is 12.8. The molecule has 0 unspecified atom stereocenters. The number of aryl methyl sites for hydroxylation is 3. The standard InChI is InChI=1S/C30H33N3O5/c1-7-21-12-10-11-18(4)27(21)32-19(5)15-22(20(32)6)16-24-28(34)31-30(36)33(29(24)35)25-14-13-23(37-8-2)17-26(25)38-9-3/h10-17H,7-9H2,1-6H3,(H,31,34,36)/b24-16+. The fourth-order valence-electron chi connectivity index (χ4n) is 4.84. The Morgan fingerprint density at radius 3 is 2.34 bits per heavy atom.